The Morgan fingerprint density at radius 1 is 0.426 bits per heavy atom. The fourth-order valence-electron chi connectivity index (χ4n) is 7.76. The molecule has 0 aromatic rings. The normalized spacial score (nSPS) is 13.6. The zero-order valence-electron chi connectivity index (χ0n) is 36.0. The van der Waals surface area contributed by atoms with Crippen molar-refractivity contribution in [2.75, 3.05) is 5.75 Å². The Morgan fingerprint density at radius 3 is 0.926 bits per heavy atom. The molecule has 0 aliphatic carbocycles. The van der Waals surface area contributed by atoms with Gasteiger partial charge in [-0.25, -0.2) is 0 Å². The Bertz CT molecular complexity index is 884. The van der Waals surface area contributed by atoms with Crippen LogP contribution in [0.15, 0.2) is 0 Å². The highest BCUT2D eigenvalue weighted by molar-refractivity contribution is 7.85. The molecule has 0 saturated carbocycles. The first-order valence-electron chi connectivity index (χ1n) is 23.8. The minimum atomic E-state index is -4.41. The van der Waals surface area contributed by atoms with E-state index in [-0.39, 0.29) is 0 Å². The molecule has 0 aromatic heterocycles. The highest BCUT2D eigenvalue weighted by Crippen LogP contribution is 2.18. The van der Waals surface area contributed by atoms with E-state index in [9.17, 15) is 28.0 Å². The number of carbonyl (C=O) groups is 1. The lowest BCUT2D eigenvalue weighted by molar-refractivity contribution is -0.131. The summed E-state index contributed by atoms with van der Waals surface area (Å²) >= 11 is 0. The molecule has 3 atom stereocenters. The second-order valence-electron chi connectivity index (χ2n) is 16.9. The van der Waals surface area contributed by atoms with Crippen LogP contribution in [0.1, 0.15) is 264 Å². The van der Waals surface area contributed by atoms with Crippen LogP contribution in [0, 0.1) is 0 Å². The minimum absolute atomic E-state index is 0.304. The summed E-state index contributed by atoms with van der Waals surface area (Å²) in [7, 11) is -4.41. The summed E-state index contributed by atoms with van der Waals surface area (Å²) in [5.74, 6) is -1.44. The third-order valence-corrected chi connectivity index (χ3v) is 12.2. The average molecular weight is 788 g/mol. The van der Waals surface area contributed by atoms with Gasteiger partial charge in [-0.3, -0.25) is 9.35 Å². The van der Waals surface area contributed by atoms with Crippen molar-refractivity contribution in [3.05, 3.63) is 0 Å². The highest BCUT2D eigenvalue weighted by atomic mass is 32.2. The van der Waals surface area contributed by atoms with E-state index >= 15 is 0 Å². The number of carbonyl (C=O) groups excluding carboxylic acids is 1. The number of aliphatic hydroxyl groups is 2. The molecule has 0 spiro atoms. The summed E-state index contributed by atoms with van der Waals surface area (Å²) < 4.78 is 32.7. The number of rotatable bonds is 44. The van der Waals surface area contributed by atoms with Gasteiger partial charge in [0.2, 0.25) is 5.91 Å². The number of hydrogen-bond donors (Lipinski definition) is 4. The van der Waals surface area contributed by atoms with Gasteiger partial charge < -0.3 is 15.5 Å². The van der Waals surface area contributed by atoms with E-state index in [0.29, 0.717) is 12.8 Å². The smallest absolute Gasteiger partial charge is 0.266 e. The average Bonchev–Trinajstić information content (AvgIpc) is 3.14. The van der Waals surface area contributed by atoms with Crippen LogP contribution < -0.4 is 5.32 Å². The van der Waals surface area contributed by atoms with Gasteiger partial charge in [0.05, 0.1) is 17.9 Å². The maximum absolute atomic E-state index is 12.7. The predicted octanol–water partition coefficient (Wildman–Crippen LogP) is 13.3. The number of unbranched alkanes of at least 4 members (excludes halogenated alkanes) is 35. The molecule has 0 bridgehead atoms. The Labute approximate surface area is 336 Å². The highest BCUT2D eigenvalue weighted by Gasteiger charge is 2.28. The molecule has 0 fully saturated rings. The van der Waals surface area contributed by atoms with Gasteiger partial charge in [-0.15, -0.1) is 0 Å². The molecule has 0 rings (SSSR count). The Hall–Kier alpha value is -0.700. The maximum Gasteiger partial charge on any atom is 0.266 e. The molecule has 0 saturated heterocycles. The summed E-state index contributed by atoms with van der Waals surface area (Å²) in [4.78, 5) is 12.7. The van der Waals surface area contributed by atoms with Gasteiger partial charge in [0.25, 0.3) is 10.1 Å². The second-order valence-corrected chi connectivity index (χ2v) is 18.4. The van der Waals surface area contributed by atoms with Crippen LogP contribution >= 0.6 is 0 Å². The van der Waals surface area contributed by atoms with Crippen LogP contribution in [0.25, 0.3) is 0 Å². The zero-order chi connectivity index (χ0) is 39.8. The number of nitrogens with one attached hydrogen (secondary N) is 1. The molecule has 0 heterocycles. The van der Waals surface area contributed by atoms with Crippen LogP contribution in [-0.2, 0) is 14.9 Å². The van der Waals surface area contributed by atoms with Crippen molar-refractivity contribution in [1.29, 1.82) is 0 Å². The maximum atomic E-state index is 12.7. The number of hydrogen-bond acceptors (Lipinski definition) is 5. The Balaban J connectivity index is 3.86. The summed E-state index contributed by atoms with van der Waals surface area (Å²) in [5.41, 5.74) is 0. The first-order chi connectivity index (χ1) is 26.2. The lowest BCUT2D eigenvalue weighted by Gasteiger charge is -2.24. The molecule has 0 aliphatic rings. The van der Waals surface area contributed by atoms with Crippen molar-refractivity contribution in [3.8, 4) is 0 Å². The fourth-order valence-corrected chi connectivity index (χ4v) is 8.52. The molecule has 8 heteroatoms. The van der Waals surface area contributed by atoms with Crippen molar-refractivity contribution < 1.29 is 28.0 Å². The lowest BCUT2D eigenvalue weighted by Crippen LogP contribution is -2.50. The molecule has 0 aromatic carbocycles. The standard InChI is InChI=1S/C46H93NO6S/c1-3-5-7-9-11-13-15-17-19-21-23-25-26-28-30-32-34-36-38-40-44(48)43(42-54(51,52)53)47-46(50)45(49)41-39-37-35-33-31-29-27-24-22-20-18-16-14-12-10-8-6-4-2/h43-45,48-49H,3-42H2,1-2H3,(H,47,50)(H,51,52,53). The summed E-state index contributed by atoms with van der Waals surface area (Å²) in [6.45, 7) is 4.54. The Morgan fingerprint density at radius 2 is 0.667 bits per heavy atom. The van der Waals surface area contributed by atoms with E-state index < -0.39 is 40.0 Å². The number of aliphatic hydroxyl groups excluding tert-OH is 2. The van der Waals surface area contributed by atoms with E-state index in [2.05, 4.69) is 19.2 Å². The van der Waals surface area contributed by atoms with Crippen LogP contribution in [0.5, 0.6) is 0 Å². The van der Waals surface area contributed by atoms with Gasteiger partial charge >= 0.3 is 0 Å². The van der Waals surface area contributed by atoms with Crippen LogP contribution in [-0.4, -0.2) is 53.1 Å². The van der Waals surface area contributed by atoms with Gasteiger partial charge in [-0.2, -0.15) is 8.42 Å². The van der Waals surface area contributed by atoms with Gasteiger partial charge in [-0.1, -0.05) is 251 Å². The molecule has 7 nitrogen and oxygen atoms in total. The predicted molar refractivity (Wildman–Crippen MR) is 232 cm³/mol. The topological polar surface area (TPSA) is 124 Å². The summed E-state index contributed by atoms with van der Waals surface area (Å²) in [5, 5.41) is 23.6. The van der Waals surface area contributed by atoms with E-state index in [1.165, 1.54) is 193 Å². The molecule has 4 N–H and O–H groups in total. The van der Waals surface area contributed by atoms with E-state index in [0.717, 1.165) is 44.9 Å². The van der Waals surface area contributed by atoms with Crippen molar-refractivity contribution in [2.45, 2.75) is 283 Å². The second kappa shape index (κ2) is 40.5. The summed E-state index contributed by atoms with van der Waals surface area (Å²) in [6.07, 6.45) is 45.5. The largest absolute Gasteiger partial charge is 0.391 e. The Kier molecular flexibility index (Phi) is 40.0. The molecule has 324 valence electrons. The first-order valence-corrected chi connectivity index (χ1v) is 25.4. The third kappa shape index (κ3) is 39.5. The molecule has 54 heavy (non-hydrogen) atoms. The van der Waals surface area contributed by atoms with Crippen molar-refractivity contribution in [1.82, 2.24) is 5.32 Å². The molecule has 3 unspecified atom stereocenters. The molecule has 1 amide bonds. The van der Waals surface area contributed by atoms with E-state index in [1.54, 1.807) is 0 Å². The van der Waals surface area contributed by atoms with E-state index in [1.807, 2.05) is 0 Å². The monoisotopic (exact) mass is 788 g/mol. The zero-order valence-corrected chi connectivity index (χ0v) is 36.8. The van der Waals surface area contributed by atoms with Crippen LogP contribution in [0.4, 0.5) is 0 Å². The SMILES string of the molecule is CCCCCCCCCCCCCCCCCCCCCC(O)C(CS(=O)(=O)O)NC(=O)C(O)CCCCCCCCCCCCCCCCCCCC. The molecule has 0 aliphatic heterocycles. The van der Waals surface area contributed by atoms with Gasteiger partial charge in [0.1, 0.15) is 6.10 Å². The number of amides is 1. The fraction of sp³-hybridized carbons (Fsp3) is 0.978. The molecule has 0 radical (unpaired) electrons. The van der Waals surface area contributed by atoms with Crippen molar-refractivity contribution in [2.24, 2.45) is 0 Å². The minimum Gasteiger partial charge on any atom is -0.391 e. The van der Waals surface area contributed by atoms with Gasteiger partial charge in [0, 0.05) is 0 Å². The van der Waals surface area contributed by atoms with Crippen molar-refractivity contribution >= 4 is 16.0 Å². The first kappa shape index (κ1) is 53.3. The molecular formula is C46H93NO6S. The summed E-state index contributed by atoms with van der Waals surface area (Å²) in [6, 6.07) is -1.14. The van der Waals surface area contributed by atoms with Crippen LogP contribution in [0.2, 0.25) is 0 Å². The van der Waals surface area contributed by atoms with Gasteiger partial charge in [0.15, 0.2) is 0 Å². The lowest BCUT2D eigenvalue weighted by atomic mass is 10.0. The quantitative estimate of drug-likeness (QED) is 0.0360. The van der Waals surface area contributed by atoms with Crippen molar-refractivity contribution in [3.63, 3.8) is 0 Å². The van der Waals surface area contributed by atoms with E-state index in [4.69, 9.17) is 0 Å². The van der Waals surface area contributed by atoms with Crippen LogP contribution in [0.3, 0.4) is 0 Å². The van der Waals surface area contributed by atoms with Gasteiger partial charge in [-0.05, 0) is 12.8 Å². The third-order valence-electron chi connectivity index (χ3n) is 11.4. The molecular weight excluding hydrogens is 695 g/mol.